The molecule has 0 unspecified atom stereocenters. The molecule has 7 nitrogen and oxygen atoms in total. The second-order valence-corrected chi connectivity index (χ2v) is 8.52. The van der Waals surface area contributed by atoms with Gasteiger partial charge in [0.05, 0.1) is 18.1 Å². The van der Waals surface area contributed by atoms with E-state index in [-0.39, 0.29) is 11.4 Å². The molecule has 0 aromatic heterocycles. The molecule has 1 heterocycles. The molecule has 1 saturated heterocycles. The summed E-state index contributed by atoms with van der Waals surface area (Å²) in [6, 6.07) is 12.7. The van der Waals surface area contributed by atoms with Gasteiger partial charge in [-0.1, -0.05) is 37.1 Å². The van der Waals surface area contributed by atoms with Gasteiger partial charge in [0.25, 0.3) is 11.1 Å². The number of rotatable bonds is 10. The molecule has 33 heavy (non-hydrogen) atoms. The lowest BCUT2D eigenvalue weighted by atomic mass is 10.2. The van der Waals surface area contributed by atoms with Crippen LogP contribution in [-0.4, -0.2) is 41.7 Å². The number of aryl methyl sites for hydroxylation is 1. The van der Waals surface area contributed by atoms with Crippen LogP contribution in [-0.2, 0) is 9.59 Å². The van der Waals surface area contributed by atoms with E-state index in [1.807, 2.05) is 32.0 Å². The first-order chi connectivity index (χ1) is 15.9. The predicted octanol–water partition coefficient (Wildman–Crippen LogP) is 5.25. The fraction of sp³-hybridized carbons (Fsp3) is 0.320. The molecule has 0 aliphatic carbocycles. The van der Waals surface area contributed by atoms with E-state index in [1.165, 1.54) is 0 Å². The zero-order valence-electron chi connectivity index (χ0n) is 19.1. The van der Waals surface area contributed by atoms with Crippen LogP contribution in [0.25, 0.3) is 6.08 Å². The normalized spacial score (nSPS) is 14.6. The van der Waals surface area contributed by atoms with Gasteiger partial charge in [0.2, 0.25) is 5.91 Å². The summed E-state index contributed by atoms with van der Waals surface area (Å²) in [5, 5.41) is 2.23. The Morgan fingerprint density at radius 2 is 1.82 bits per heavy atom. The number of hydrogen-bond acceptors (Lipinski definition) is 6. The third-order valence-corrected chi connectivity index (χ3v) is 5.74. The Hall–Kier alpha value is -3.26. The van der Waals surface area contributed by atoms with Gasteiger partial charge >= 0.3 is 0 Å². The summed E-state index contributed by atoms with van der Waals surface area (Å²) >= 11 is 0.814. The molecule has 3 amide bonds. The molecule has 1 aliphatic heterocycles. The zero-order valence-corrected chi connectivity index (χ0v) is 19.9. The largest absolute Gasteiger partial charge is 0.490 e. The number of nitrogens with one attached hydrogen (secondary N) is 1. The molecule has 2 aromatic rings. The van der Waals surface area contributed by atoms with Gasteiger partial charge in [0, 0.05) is 5.69 Å². The van der Waals surface area contributed by atoms with E-state index >= 15 is 0 Å². The Kier molecular flexibility index (Phi) is 8.54. The lowest BCUT2D eigenvalue weighted by Crippen LogP contribution is -2.36. The first-order valence-electron chi connectivity index (χ1n) is 10.9. The van der Waals surface area contributed by atoms with Crippen LogP contribution >= 0.6 is 11.8 Å². The molecule has 1 fully saturated rings. The summed E-state index contributed by atoms with van der Waals surface area (Å²) in [6.45, 7) is 6.65. The van der Waals surface area contributed by atoms with Crippen molar-refractivity contribution in [1.29, 1.82) is 0 Å². The number of hydrogen-bond donors (Lipinski definition) is 1. The van der Waals surface area contributed by atoms with Crippen molar-refractivity contribution >= 4 is 40.6 Å². The number of amides is 3. The van der Waals surface area contributed by atoms with Crippen molar-refractivity contribution in [1.82, 2.24) is 4.90 Å². The standard InChI is InChI=1S/C25H28N2O5S/c1-4-6-13-32-20-12-9-18(14-21(20)31-5-2)15-22-24(29)27(25(30)33-22)16-23(28)26-19-10-7-17(3)8-11-19/h7-12,14-15H,4-6,13,16H2,1-3H3,(H,26,28)/b22-15-. The van der Waals surface area contributed by atoms with E-state index in [1.54, 1.807) is 30.3 Å². The number of carbonyl (C=O) groups is 3. The second kappa shape index (κ2) is 11.6. The van der Waals surface area contributed by atoms with Gasteiger partial charge in [-0.3, -0.25) is 19.3 Å². The molecule has 2 aromatic carbocycles. The van der Waals surface area contributed by atoms with Crippen LogP contribution in [0.2, 0.25) is 0 Å². The summed E-state index contributed by atoms with van der Waals surface area (Å²) in [6.07, 6.45) is 3.60. The van der Waals surface area contributed by atoms with E-state index < -0.39 is 17.1 Å². The first kappa shape index (κ1) is 24.4. The summed E-state index contributed by atoms with van der Waals surface area (Å²) < 4.78 is 11.5. The SMILES string of the molecule is CCCCOc1ccc(/C=C2\SC(=O)N(CC(=O)Nc3ccc(C)cc3)C2=O)cc1OCC. The van der Waals surface area contributed by atoms with Crippen molar-refractivity contribution in [3.05, 3.63) is 58.5 Å². The third-order valence-electron chi connectivity index (χ3n) is 4.83. The second-order valence-electron chi connectivity index (χ2n) is 7.52. The molecule has 8 heteroatoms. The Morgan fingerprint density at radius 3 is 2.52 bits per heavy atom. The lowest BCUT2D eigenvalue weighted by Gasteiger charge is -2.13. The monoisotopic (exact) mass is 468 g/mol. The Balaban J connectivity index is 1.69. The van der Waals surface area contributed by atoms with E-state index in [0.717, 1.165) is 35.1 Å². The average Bonchev–Trinajstić information content (AvgIpc) is 3.04. The Morgan fingerprint density at radius 1 is 1.06 bits per heavy atom. The van der Waals surface area contributed by atoms with Gasteiger partial charge < -0.3 is 14.8 Å². The highest BCUT2D eigenvalue weighted by Crippen LogP contribution is 2.34. The molecule has 0 bridgehead atoms. The number of unbranched alkanes of at least 4 members (excludes halogenated alkanes) is 1. The van der Waals surface area contributed by atoms with Crippen molar-refractivity contribution < 1.29 is 23.9 Å². The van der Waals surface area contributed by atoms with Crippen LogP contribution in [0.1, 0.15) is 37.8 Å². The minimum Gasteiger partial charge on any atom is -0.490 e. The van der Waals surface area contributed by atoms with Crippen LogP contribution in [0, 0.1) is 6.92 Å². The minimum atomic E-state index is -0.495. The topological polar surface area (TPSA) is 84.9 Å². The minimum absolute atomic E-state index is 0.255. The molecule has 3 rings (SSSR count). The summed E-state index contributed by atoms with van der Waals surface area (Å²) in [5.74, 6) is 0.294. The third kappa shape index (κ3) is 6.61. The van der Waals surface area contributed by atoms with Crippen molar-refractivity contribution in [3.63, 3.8) is 0 Å². The van der Waals surface area contributed by atoms with Gasteiger partial charge in [-0.05, 0) is 67.9 Å². The molecule has 0 spiro atoms. The number of nitrogens with zero attached hydrogens (tertiary/aromatic N) is 1. The van der Waals surface area contributed by atoms with Gasteiger partial charge in [-0.2, -0.15) is 0 Å². The highest BCUT2D eigenvalue weighted by atomic mass is 32.2. The maximum Gasteiger partial charge on any atom is 0.294 e. The quantitative estimate of drug-likeness (QED) is 0.379. The van der Waals surface area contributed by atoms with Crippen LogP contribution in [0.15, 0.2) is 47.4 Å². The molecule has 1 N–H and O–H groups in total. The van der Waals surface area contributed by atoms with Gasteiger partial charge in [0.1, 0.15) is 6.54 Å². The lowest BCUT2D eigenvalue weighted by molar-refractivity contribution is -0.127. The van der Waals surface area contributed by atoms with E-state index in [2.05, 4.69) is 12.2 Å². The van der Waals surface area contributed by atoms with E-state index in [4.69, 9.17) is 9.47 Å². The van der Waals surface area contributed by atoms with Crippen molar-refractivity contribution in [2.45, 2.75) is 33.6 Å². The van der Waals surface area contributed by atoms with Gasteiger partial charge in [-0.25, -0.2) is 0 Å². The molecule has 0 atom stereocenters. The summed E-state index contributed by atoms with van der Waals surface area (Å²) in [4.78, 5) is 38.7. The molecule has 174 valence electrons. The summed E-state index contributed by atoms with van der Waals surface area (Å²) in [5.41, 5.74) is 2.38. The fourth-order valence-corrected chi connectivity index (χ4v) is 3.94. The predicted molar refractivity (Wildman–Crippen MR) is 130 cm³/mol. The number of benzene rings is 2. The Labute approximate surface area is 198 Å². The first-order valence-corrected chi connectivity index (χ1v) is 11.7. The van der Waals surface area contributed by atoms with Crippen molar-refractivity contribution in [2.75, 3.05) is 25.1 Å². The highest BCUT2D eigenvalue weighted by Gasteiger charge is 2.36. The van der Waals surface area contributed by atoms with Gasteiger partial charge in [0.15, 0.2) is 11.5 Å². The van der Waals surface area contributed by atoms with Crippen LogP contribution in [0.4, 0.5) is 10.5 Å². The fourth-order valence-electron chi connectivity index (χ4n) is 3.10. The maximum absolute atomic E-state index is 12.8. The van der Waals surface area contributed by atoms with Crippen LogP contribution in [0.5, 0.6) is 11.5 Å². The smallest absolute Gasteiger partial charge is 0.294 e. The van der Waals surface area contributed by atoms with E-state index in [0.29, 0.717) is 36.0 Å². The van der Waals surface area contributed by atoms with Gasteiger partial charge in [-0.15, -0.1) is 0 Å². The molecule has 0 radical (unpaired) electrons. The number of imide groups is 1. The van der Waals surface area contributed by atoms with E-state index in [9.17, 15) is 14.4 Å². The molecular formula is C25H28N2O5S. The molecule has 0 saturated carbocycles. The number of thioether (sulfide) groups is 1. The summed E-state index contributed by atoms with van der Waals surface area (Å²) in [7, 11) is 0. The van der Waals surface area contributed by atoms with Crippen LogP contribution < -0.4 is 14.8 Å². The number of ether oxygens (including phenoxy) is 2. The molecule has 1 aliphatic rings. The maximum atomic E-state index is 12.8. The average molecular weight is 469 g/mol. The highest BCUT2D eigenvalue weighted by molar-refractivity contribution is 8.18. The van der Waals surface area contributed by atoms with Crippen LogP contribution in [0.3, 0.4) is 0 Å². The van der Waals surface area contributed by atoms with Crippen molar-refractivity contribution in [3.8, 4) is 11.5 Å². The van der Waals surface area contributed by atoms with Crippen molar-refractivity contribution in [2.24, 2.45) is 0 Å². The number of anilines is 1. The Bertz CT molecular complexity index is 1050. The molecular weight excluding hydrogens is 440 g/mol. The number of carbonyl (C=O) groups excluding carboxylic acids is 3. The zero-order chi connectivity index (χ0) is 23.8.